The van der Waals surface area contributed by atoms with Crippen molar-refractivity contribution in [3.05, 3.63) is 87.0 Å². The molecule has 0 unspecified atom stereocenters. The predicted octanol–water partition coefficient (Wildman–Crippen LogP) is 3.85. The maximum absolute atomic E-state index is 13.1. The molecule has 2 aromatic carbocycles. The zero-order valence-corrected chi connectivity index (χ0v) is 18.5. The Labute approximate surface area is 182 Å². The van der Waals surface area contributed by atoms with Crippen molar-refractivity contribution in [3.63, 3.8) is 0 Å². The molecular formula is C20H18BrN3O3S2. The fraction of sp³-hybridized carbons (Fsp3) is 0.100. The number of carbonyl (C=O) groups excluding carboxylic acids is 1. The van der Waals surface area contributed by atoms with Gasteiger partial charge in [0.1, 0.15) is 0 Å². The van der Waals surface area contributed by atoms with Crippen LogP contribution in [0.4, 0.5) is 0 Å². The van der Waals surface area contributed by atoms with E-state index in [2.05, 4.69) is 26.5 Å². The summed E-state index contributed by atoms with van der Waals surface area (Å²) in [5, 5.41) is 5.80. The molecule has 0 aliphatic carbocycles. The molecule has 1 amide bonds. The zero-order valence-electron chi connectivity index (χ0n) is 15.2. The number of nitrogens with zero attached hydrogens (tertiary/aromatic N) is 2. The molecule has 0 aliphatic heterocycles. The molecule has 0 atom stereocenters. The molecular weight excluding hydrogens is 474 g/mol. The Balaban J connectivity index is 1.78. The molecule has 9 heteroatoms. The van der Waals surface area contributed by atoms with E-state index in [0.29, 0.717) is 0 Å². The Morgan fingerprint density at radius 2 is 1.79 bits per heavy atom. The number of hydrogen-bond donors (Lipinski definition) is 1. The van der Waals surface area contributed by atoms with Gasteiger partial charge in [-0.05, 0) is 41.3 Å². The van der Waals surface area contributed by atoms with Crippen molar-refractivity contribution in [1.29, 1.82) is 0 Å². The Hall–Kier alpha value is -2.33. The van der Waals surface area contributed by atoms with Crippen LogP contribution in [0.2, 0.25) is 0 Å². The molecule has 1 N–H and O–H groups in total. The summed E-state index contributed by atoms with van der Waals surface area (Å²) >= 11 is 4.84. The average molecular weight is 492 g/mol. The summed E-state index contributed by atoms with van der Waals surface area (Å²) in [7, 11) is -3.86. The number of hydrazone groups is 1. The molecule has 29 heavy (non-hydrogen) atoms. The molecule has 0 saturated heterocycles. The van der Waals surface area contributed by atoms with Crippen LogP contribution in [0.15, 0.2) is 86.6 Å². The molecule has 3 aromatic rings. The molecule has 0 radical (unpaired) electrons. The van der Waals surface area contributed by atoms with Crippen LogP contribution in [0.3, 0.4) is 0 Å². The van der Waals surface area contributed by atoms with Gasteiger partial charge in [-0.25, -0.2) is 13.8 Å². The maximum Gasteiger partial charge on any atom is 0.255 e. The van der Waals surface area contributed by atoms with Gasteiger partial charge in [0.2, 0.25) is 10.0 Å². The fourth-order valence-corrected chi connectivity index (χ4v) is 4.74. The molecule has 0 bridgehead atoms. The van der Waals surface area contributed by atoms with Gasteiger partial charge in [0, 0.05) is 15.9 Å². The Morgan fingerprint density at radius 1 is 1.07 bits per heavy atom. The summed E-state index contributed by atoms with van der Waals surface area (Å²) in [5.41, 5.74) is 3.16. The first-order valence-corrected chi connectivity index (χ1v) is 11.7. The van der Waals surface area contributed by atoms with Gasteiger partial charge in [0.25, 0.3) is 5.91 Å². The molecule has 0 saturated carbocycles. The van der Waals surface area contributed by atoms with Crippen LogP contribution < -0.4 is 5.43 Å². The van der Waals surface area contributed by atoms with Crippen molar-refractivity contribution in [2.75, 3.05) is 6.54 Å². The van der Waals surface area contributed by atoms with E-state index in [1.54, 1.807) is 18.2 Å². The minimum atomic E-state index is -3.86. The van der Waals surface area contributed by atoms with E-state index in [9.17, 15) is 13.2 Å². The largest absolute Gasteiger partial charge is 0.272 e. The van der Waals surface area contributed by atoms with E-state index >= 15 is 0 Å². The van der Waals surface area contributed by atoms with Gasteiger partial charge in [0.15, 0.2) is 0 Å². The third-order valence-corrected chi connectivity index (χ3v) is 7.04. The highest BCUT2D eigenvalue weighted by molar-refractivity contribution is 9.10. The molecule has 3 rings (SSSR count). The number of sulfonamides is 1. The molecule has 0 aliphatic rings. The predicted molar refractivity (Wildman–Crippen MR) is 118 cm³/mol. The van der Waals surface area contributed by atoms with Gasteiger partial charge in [-0.15, -0.1) is 11.3 Å². The second kappa shape index (κ2) is 9.93. The zero-order chi connectivity index (χ0) is 20.7. The highest BCUT2D eigenvalue weighted by Crippen LogP contribution is 2.19. The number of thiophene rings is 1. The maximum atomic E-state index is 13.1. The molecule has 150 valence electrons. The molecule has 1 heterocycles. The van der Waals surface area contributed by atoms with Crippen molar-refractivity contribution < 1.29 is 13.2 Å². The fourth-order valence-electron chi connectivity index (χ4n) is 2.49. The smallest absolute Gasteiger partial charge is 0.255 e. The highest BCUT2D eigenvalue weighted by Gasteiger charge is 2.26. The van der Waals surface area contributed by atoms with E-state index < -0.39 is 15.9 Å². The topological polar surface area (TPSA) is 78.8 Å². The summed E-state index contributed by atoms with van der Waals surface area (Å²) < 4.78 is 28.2. The monoisotopic (exact) mass is 491 g/mol. The van der Waals surface area contributed by atoms with Crippen molar-refractivity contribution >= 4 is 49.4 Å². The minimum Gasteiger partial charge on any atom is -0.272 e. The summed E-state index contributed by atoms with van der Waals surface area (Å²) in [5.74, 6) is -0.519. The van der Waals surface area contributed by atoms with Crippen LogP contribution in [0.5, 0.6) is 0 Å². The van der Waals surface area contributed by atoms with Crippen molar-refractivity contribution in [3.8, 4) is 0 Å². The number of rotatable bonds is 8. The first-order valence-electron chi connectivity index (χ1n) is 8.60. The third-order valence-electron chi connectivity index (χ3n) is 3.90. The number of nitrogens with one attached hydrogen (secondary N) is 1. The van der Waals surface area contributed by atoms with E-state index in [0.717, 1.165) is 19.2 Å². The number of halogens is 1. The van der Waals surface area contributed by atoms with Gasteiger partial charge in [-0.3, -0.25) is 4.79 Å². The SMILES string of the molecule is O=C(CN(Cc1ccc(Br)cc1)S(=O)(=O)c1ccccc1)N/N=C\c1cccs1. The minimum absolute atomic E-state index is 0.0621. The quantitative estimate of drug-likeness (QED) is 0.383. The van der Waals surface area contributed by atoms with Gasteiger partial charge >= 0.3 is 0 Å². The number of carbonyl (C=O) groups is 1. The summed E-state index contributed by atoms with van der Waals surface area (Å²) in [6, 6.07) is 19.1. The van der Waals surface area contributed by atoms with Gasteiger partial charge in [-0.1, -0.05) is 52.3 Å². The first kappa shape index (κ1) is 21.4. The Kier molecular flexibility index (Phi) is 7.32. The lowest BCUT2D eigenvalue weighted by Gasteiger charge is -2.21. The molecule has 6 nitrogen and oxygen atoms in total. The number of amides is 1. The van der Waals surface area contributed by atoms with E-state index in [4.69, 9.17) is 0 Å². The van der Waals surface area contributed by atoms with Crippen LogP contribution in [0.1, 0.15) is 10.4 Å². The van der Waals surface area contributed by atoms with Gasteiger partial charge < -0.3 is 0 Å². The van der Waals surface area contributed by atoms with Crippen molar-refractivity contribution in [2.45, 2.75) is 11.4 Å². The van der Waals surface area contributed by atoms with E-state index in [1.165, 1.54) is 29.7 Å². The average Bonchev–Trinajstić information content (AvgIpc) is 3.23. The second-order valence-corrected chi connectivity index (χ2v) is 9.85. The summed E-state index contributed by atoms with van der Waals surface area (Å²) in [6.45, 7) is -0.290. The molecule has 0 fully saturated rings. The van der Waals surface area contributed by atoms with Crippen molar-refractivity contribution in [1.82, 2.24) is 9.73 Å². The lowest BCUT2D eigenvalue weighted by atomic mass is 10.2. The normalized spacial score (nSPS) is 11.8. The van der Waals surface area contributed by atoms with Gasteiger partial charge in [0.05, 0.1) is 17.7 Å². The lowest BCUT2D eigenvalue weighted by molar-refractivity contribution is -0.121. The van der Waals surface area contributed by atoms with E-state index in [1.807, 2.05) is 41.8 Å². The first-order chi connectivity index (χ1) is 13.9. The number of hydrogen-bond acceptors (Lipinski definition) is 5. The molecule has 0 spiro atoms. The summed E-state index contributed by atoms with van der Waals surface area (Å²) in [6.07, 6.45) is 1.52. The van der Waals surface area contributed by atoms with E-state index in [-0.39, 0.29) is 18.0 Å². The lowest BCUT2D eigenvalue weighted by Crippen LogP contribution is -2.39. The van der Waals surface area contributed by atoms with Crippen molar-refractivity contribution in [2.24, 2.45) is 5.10 Å². The van der Waals surface area contributed by atoms with Crippen LogP contribution in [0, 0.1) is 0 Å². The third kappa shape index (κ3) is 6.07. The highest BCUT2D eigenvalue weighted by atomic mass is 79.9. The van der Waals surface area contributed by atoms with Gasteiger partial charge in [-0.2, -0.15) is 9.41 Å². The number of benzene rings is 2. The summed E-state index contributed by atoms with van der Waals surface area (Å²) in [4.78, 5) is 13.4. The van der Waals surface area contributed by atoms with Crippen LogP contribution in [0.25, 0.3) is 0 Å². The second-order valence-electron chi connectivity index (χ2n) is 6.02. The Bertz CT molecular complexity index is 1070. The van der Waals surface area contributed by atoms with Crippen LogP contribution in [-0.4, -0.2) is 31.4 Å². The Morgan fingerprint density at radius 3 is 2.45 bits per heavy atom. The van der Waals surface area contributed by atoms with Crippen LogP contribution in [-0.2, 0) is 21.4 Å². The molecule has 1 aromatic heterocycles. The standard InChI is InChI=1S/C20H18BrN3O3S2/c21-17-10-8-16(9-11-17)14-24(29(26,27)19-6-2-1-3-7-19)15-20(25)23-22-13-18-5-4-12-28-18/h1-13H,14-15H2,(H,23,25)/b22-13-. The van der Waals surface area contributed by atoms with Crippen LogP contribution >= 0.6 is 27.3 Å².